The van der Waals surface area contributed by atoms with Crippen LogP contribution >= 0.6 is 11.8 Å². The van der Waals surface area contributed by atoms with Crippen molar-refractivity contribution < 1.29 is 23.1 Å². The van der Waals surface area contributed by atoms with Crippen molar-refractivity contribution in [3.8, 4) is 11.3 Å². The molecule has 5 nitrogen and oxygen atoms in total. The monoisotopic (exact) mass is 501 g/mol. The number of hydrogen-bond donors (Lipinski definition) is 1. The van der Waals surface area contributed by atoms with E-state index in [-0.39, 0.29) is 10.8 Å². The second kappa shape index (κ2) is 10.3. The van der Waals surface area contributed by atoms with E-state index in [9.17, 15) is 23.1 Å². The summed E-state index contributed by atoms with van der Waals surface area (Å²) < 4.78 is 42.3. The minimum Gasteiger partial charge on any atom is -0.481 e. The van der Waals surface area contributed by atoms with Crippen LogP contribution < -0.4 is 4.90 Å². The molecule has 1 atom stereocenters. The standard InChI is InChI=1S/C26H26F3N3O2S/c1-16(2)19-7-3-4-8-22(19)35-23-10-9-17(12-20(23)26(27,28)29)21-13-24(31-15-30-21)32-11-5-6-18(14-32)25(33)34/h3-4,7-10,12-13,15-16,18H,5-6,11,14H2,1-2H3,(H,33,34)/t18-/m0/s1. The summed E-state index contributed by atoms with van der Waals surface area (Å²) in [5.41, 5.74) is 0.963. The number of rotatable bonds is 6. The average Bonchev–Trinajstić information content (AvgIpc) is 2.84. The van der Waals surface area contributed by atoms with E-state index in [2.05, 4.69) is 9.97 Å². The van der Waals surface area contributed by atoms with E-state index in [0.717, 1.165) is 28.3 Å². The molecule has 1 saturated heterocycles. The van der Waals surface area contributed by atoms with Gasteiger partial charge in [-0.15, -0.1) is 0 Å². The molecule has 3 aromatic rings. The predicted octanol–water partition coefficient (Wildman–Crippen LogP) is 6.74. The molecule has 0 aliphatic carbocycles. The number of aromatic nitrogens is 2. The fourth-order valence-electron chi connectivity index (χ4n) is 4.23. The van der Waals surface area contributed by atoms with Gasteiger partial charge in [0.15, 0.2) is 0 Å². The van der Waals surface area contributed by atoms with Gasteiger partial charge in [-0.05, 0) is 42.5 Å². The second-order valence-electron chi connectivity index (χ2n) is 8.89. The average molecular weight is 502 g/mol. The lowest BCUT2D eigenvalue weighted by Crippen LogP contribution is -2.39. The van der Waals surface area contributed by atoms with E-state index < -0.39 is 23.6 Å². The van der Waals surface area contributed by atoms with Gasteiger partial charge < -0.3 is 10.0 Å². The van der Waals surface area contributed by atoms with Gasteiger partial charge in [-0.1, -0.05) is 49.9 Å². The van der Waals surface area contributed by atoms with Gasteiger partial charge in [0, 0.05) is 34.5 Å². The van der Waals surface area contributed by atoms with E-state index in [0.29, 0.717) is 43.0 Å². The van der Waals surface area contributed by atoms with Gasteiger partial charge in [-0.25, -0.2) is 9.97 Å². The van der Waals surface area contributed by atoms with Crippen molar-refractivity contribution in [3.63, 3.8) is 0 Å². The van der Waals surface area contributed by atoms with E-state index in [4.69, 9.17) is 0 Å². The predicted molar refractivity (Wildman–Crippen MR) is 130 cm³/mol. The Morgan fingerprint density at radius 1 is 1.11 bits per heavy atom. The third kappa shape index (κ3) is 5.78. The Bertz CT molecular complexity index is 1220. The number of carboxylic acid groups (broad SMARTS) is 1. The largest absolute Gasteiger partial charge is 0.481 e. The Hall–Kier alpha value is -3.07. The molecule has 1 aromatic heterocycles. The molecule has 0 spiro atoms. The summed E-state index contributed by atoms with van der Waals surface area (Å²) in [7, 11) is 0. The molecule has 2 heterocycles. The topological polar surface area (TPSA) is 66.3 Å². The zero-order chi connectivity index (χ0) is 25.2. The number of carbonyl (C=O) groups is 1. The summed E-state index contributed by atoms with van der Waals surface area (Å²) >= 11 is 1.11. The molecule has 2 aromatic carbocycles. The molecule has 1 N–H and O–H groups in total. The van der Waals surface area contributed by atoms with Gasteiger partial charge in [0.25, 0.3) is 0 Å². The first-order valence-electron chi connectivity index (χ1n) is 11.4. The molecule has 0 saturated carbocycles. The summed E-state index contributed by atoms with van der Waals surface area (Å²) in [5.74, 6) is -0.656. The van der Waals surface area contributed by atoms with Gasteiger partial charge in [0.2, 0.25) is 0 Å². The van der Waals surface area contributed by atoms with E-state index in [1.165, 1.54) is 12.4 Å². The highest BCUT2D eigenvalue weighted by Gasteiger charge is 2.34. The lowest BCUT2D eigenvalue weighted by atomic mass is 9.98. The number of carboxylic acids is 1. The van der Waals surface area contributed by atoms with Crippen LogP contribution in [0.15, 0.2) is 64.6 Å². The van der Waals surface area contributed by atoms with E-state index in [1.54, 1.807) is 12.1 Å². The van der Waals surface area contributed by atoms with Crippen LogP contribution in [0.25, 0.3) is 11.3 Å². The Kier molecular flexibility index (Phi) is 7.35. The SMILES string of the molecule is CC(C)c1ccccc1Sc1ccc(-c2cc(N3CCC[C@H](C(=O)O)C3)ncn2)cc1C(F)(F)F. The van der Waals surface area contributed by atoms with Crippen molar-refractivity contribution >= 4 is 23.5 Å². The van der Waals surface area contributed by atoms with E-state index in [1.807, 2.05) is 43.0 Å². The molecule has 1 fully saturated rings. The van der Waals surface area contributed by atoms with Crippen LogP contribution in [0, 0.1) is 5.92 Å². The summed E-state index contributed by atoms with van der Waals surface area (Å²) in [4.78, 5) is 22.6. The maximum absolute atomic E-state index is 14.1. The number of hydrogen-bond acceptors (Lipinski definition) is 5. The minimum absolute atomic E-state index is 0.129. The first-order valence-corrected chi connectivity index (χ1v) is 12.2. The molecule has 35 heavy (non-hydrogen) atoms. The lowest BCUT2D eigenvalue weighted by molar-refractivity contribution is -0.142. The summed E-state index contributed by atoms with van der Waals surface area (Å²) in [6.07, 6.45) is -1.93. The first-order chi connectivity index (χ1) is 16.6. The Labute approximate surface area is 206 Å². The molecule has 9 heteroatoms. The van der Waals surface area contributed by atoms with Gasteiger partial charge >= 0.3 is 12.1 Å². The highest BCUT2D eigenvalue weighted by atomic mass is 32.2. The van der Waals surface area contributed by atoms with Gasteiger partial charge in [0.05, 0.1) is 17.2 Å². The van der Waals surface area contributed by atoms with Crippen LogP contribution in [0.4, 0.5) is 19.0 Å². The number of nitrogens with zero attached hydrogens (tertiary/aromatic N) is 3. The number of benzene rings is 2. The zero-order valence-electron chi connectivity index (χ0n) is 19.4. The molecule has 0 unspecified atom stereocenters. The van der Waals surface area contributed by atoms with Crippen LogP contribution in [0.1, 0.15) is 43.7 Å². The third-order valence-electron chi connectivity index (χ3n) is 6.09. The molecule has 1 aliphatic heterocycles. The smallest absolute Gasteiger partial charge is 0.417 e. The van der Waals surface area contributed by atoms with Crippen molar-refractivity contribution in [3.05, 3.63) is 66.0 Å². The quantitative estimate of drug-likeness (QED) is 0.404. The lowest BCUT2D eigenvalue weighted by Gasteiger charge is -2.31. The van der Waals surface area contributed by atoms with Gasteiger partial charge in [0.1, 0.15) is 12.1 Å². The summed E-state index contributed by atoms with van der Waals surface area (Å²) in [6.45, 7) is 4.98. The highest BCUT2D eigenvalue weighted by Crippen LogP contribution is 2.43. The van der Waals surface area contributed by atoms with Crippen LogP contribution in [0.2, 0.25) is 0 Å². The maximum Gasteiger partial charge on any atom is 0.417 e. The van der Waals surface area contributed by atoms with Crippen molar-refractivity contribution in [1.82, 2.24) is 9.97 Å². The number of halogens is 3. The van der Waals surface area contributed by atoms with Crippen molar-refractivity contribution in [2.75, 3.05) is 18.0 Å². The molecule has 1 aliphatic rings. The Morgan fingerprint density at radius 2 is 1.89 bits per heavy atom. The number of alkyl halides is 3. The van der Waals surface area contributed by atoms with Crippen LogP contribution in [-0.2, 0) is 11.0 Å². The molecule has 0 amide bonds. The molecule has 184 valence electrons. The minimum atomic E-state index is -4.54. The summed E-state index contributed by atoms with van der Waals surface area (Å²) in [5, 5.41) is 9.35. The van der Waals surface area contributed by atoms with Crippen LogP contribution in [-0.4, -0.2) is 34.1 Å². The van der Waals surface area contributed by atoms with Crippen molar-refractivity contribution in [2.24, 2.45) is 5.92 Å². The molecule has 4 rings (SSSR count). The Morgan fingerprint density at radius 3 is 2.60 bits per heavy atom. The Balaban J connectivity index is 1.67. The second-order valence-corrected chi connectivity index (χ2v) is 9.97. The zero-order valence-corrected chi connectivity index (χ0v) is 20.2. The number of aliphatic carboxylic acids is 1. The van der Waals surface area contributed by atoms with Gasteiger partial charge in [-0.3, -0.25) is 4.79 Å². The number of piperidine rings is 1. The number of anilines is 1. The van der Waals surface area contributed by atoms with Crippen LogP contribution in [0.3, 0.4) is 0 Å². The van der Waals surface area contributed by atoms with Crippen molar-refractivity contribution in [1.29, 1.82) is 0 Å². The van der Waals surface area contributed by atoms with Gasteiger partial charge in [-0.2, -0.15) is 13.2 Å². The maximum atomic E-state index is 14.1. The molecule has 0 bridgehead atoms. The molecular weight excluding hydrogens is 475 g/mol. The van der Waals surface area contributed by atoms with Crippen molar-refractivity contribution in [2.45, 2.75) is 48.6 Å². The van der Waals surface area contributed by atoms with Crippen LogP contribution in [0.5, 0.6) is 0 Å². The fraction of sp³-hybridized carbons (Fsp3) is 0.346. The highest BCUT2D eigenvalue weighted by molar-refractivity contribution is 7.99. The molecular formula is C26H26F3N3O2S. The first kappa shape index (κ1) is 25.0. The summed E-state index contributed by atoms with van der Waals surface area (Å²) in [6, 6.07) is 13.4. The fourth-order valence-corrected chi connectivity index (χ4v) is 5.46. The third-order valence-corrected chi connectivity index (χ3v) is 7.26. The molecule has 0 radical (unpaired) electrons. The normalized spacial score (nSPS) is 16.5. The van der Waals surface area contributed by atoms with E-state index >= 15 is 0 Å².